The van der Waals surface area contributed by atoms with Crippen LogP contribution in [0.3, 0.4) is 0 Å². The van der Waals surface area contributed by atoms with Gasteiger partial charge in [-0.05, 0) is 31.4 Å². The molecule has 1 heterocycles. The van der Waals surface area contributed by atoms with E-state index >= 15 is 0 Å². The summed E-state index contributed by atoms with van der Waals surface area (Å²) in [6.07, 6.45) is 5.98. The highest BCUT2D eigenvalue weighted by Gasteiger charge is 2.42. The lowest BCUT2D eigenvalue weighted by atomic mass is 9.64. The highest BCUT2D eigenvalue weighted by atomic mass is 16.1. The average molecular weight is 242 g/mol. The van der Waals surface area contributed by atoms with Crippen LogP contribution >= 0.6 is 0 Å². The van der Waals surface area contributed by atoms with E-state index in [0.717, 1.165) is 12.1 Å². The van der Waals surface area contributed by atoms with E-state index in [4.69, 9.17) is 5.73 Å². The van der Waals surface area contributed by atoms with Crippen LogP contribution in [0.5, 0.6) is 0 Å². The Balaban J connectivity index is 2.26. The van der Waals surface area contributed by atoms with Gasteiger partial charge < -0.3 is 10.7 Å². The fraction of sp³-hybridized carbons (Fsp3) is 0.400. The number of rotatable bonds is 0. The second kappa shape index (κ2) is 3.69. The summed E-state index contributed by atoms with van der Waals surface area (Å²) in [5.74, 6) is 0.325. The Morgan fingerprint density at radius 3 is 3.00 bits per heavy atom. The Kier molecular flexibility index (Phi) is 2.35. The molecule has 0 unspecified atom stereocenters. The van der Waals surface area contributed by atoms with Gasteiger partial charge in [0.25, 0.3) is 0 Å². The second-order valence-electron chi connectivity index (χ2n) is 5.47. The van der Waals surface area contributed by atoms with Crippen LogP contribution in [-0.2, 0) is 6.42 Å². The molecule has 3 heteroatoms. The topological polar surface area (TPSA) is 58.9 Å². The molecule has 2 aliphatic rings. The number of nitrogens with one attached hydrogen (secondary N) is 1. The smallest absolute Gasteiger partial charge is 0.248 e. The summed E-state index contributed by atoms with van der Waals surface area (Å²) in [5, 5.41) is 0. The first-order valence-corrected chi connectivity index (χ1v) is 6.39. The summed E-state index contributed by atoms with van der Waals surface area (Å²) in [5.41, 5.74) is 10.9. The standard InChI is InChI=1S/C15H18N2O/c1-3-12-11-6-9(2)7-15(12,16)8-13-10(11)4-5-14(18)17-13/h3-5,7,11H,6,8,16H2,1-2H3,(H,17,18)/b12-3+/t11-,15-/m0/s1. The molecule has 3 rings (SSSR count). The highest BCUT2D eigenvalue weighted by Crippen LogP contribution is 2.47. The maximum Gasteiger partial charge on any atom is 0.248 e. The van der Waals surface area contributed by atoms with Crippen molar-refractivity contribution in [3.05, 3.63) is 57.0 Å². The number of allylic oxidation sites excluding steroid dienone is 2. The minimum absolute atomic E-state index is 0.0416. The molecule has 0 saturated heterocycles. The first-order chi connectivity index (χ1) is 8.53. The first kappa shape index (κ1) is 11.5. The maximum absolute atomic E-state index is 11.5. The average Bonchev–Trinajstić information content (AvgIpc) is 2.26. The van der Waals surface area contributed by atoms with Crippen molar-refractivity contribution in [3.8, 4) is 0 Å². The molecule has 1 aromatic heterocycles. The SMILES string of the molecule is C/C=C1\[C@H]2CC(C)=C[C@]1(N)Cc1[nH]c(=O)ccc12. The lowest BCUT2D eigenvalue weighted by molar-refractivity contribution is 0.481. The summed E-state index contributed by atoms with van der Waals surface area (Å²) < 4.78 is 0. The predicted octanol–water partition coefficient (Wildman–Crippen LogP) is 2.01. The zero-order valence-corrected chi connectivity index (χ0v) is 10.8. The van der Waals surface area contributed by atoms with Crippen molar-refractivity contribution < 1.29 is 0 Å². The normalized spacial score (nSPS) is 32.1. The van der Waals surface area contributed by atoms with Crippen LogP contribution in [-0.4, -0.2) is 10.5 Å². The zero-order chi connectivity index (χ0) is 12.9. The summed E-state index contributed by atoms with van der Waals surface area (Å²) >= 11 is 0. The third-order valence-electron chi connectivity index (χ3n) is 4.14. The fourth-order valence-electron chi connectivity index (χ4n) is 3.53. The Morgan fingerprint density at radius 1 is 1.50 bits per heavy atom. The van der Waals surface area contributed by atoms with Gasteiger partial charge in [0.05, 0.1) is 5.54 Å². The Morgan fingerprint density at radius 2 is 2.28 bits per heavy atom. The highest BCUT2D eigenvalue weighted by molar-refractivity contribution is 5.50. The maximum atomic E-state index is 11.5. The Hall–Kier alpha value is -1.61. The van der Waals surface area contributed by atoms with Gasteiger partial charge in [-0.1, -0.05) is 23.8 Å². The lowest BCUT2D eigenvalue weighted by Crippen LogP contribution is -2.49. The molecule has 0 aliphatic heterocycles. The fourth-order valence-corrected chi connectivity index (χ4v) is 3.53. The number of H-pyrrole nitrogens is 1. The third kappa shape index (κ3) is 1.51. The summed E-state index contributed by atoms with van der Waals surface area (Å²) in [4.78, 5) is 14.4. The zero-order valence-electron chi connectivity index (χ0n) is 10.8. The van der Waals surface area contributed by atoms with Crippen LogP contribution in [0.4, 0.5) is 0 Å². The van der Waals surface area contributed by atoms with Crippen LogP contribution < -0.4 is 11.3 Å². The van der Waals surface area contributed by atoms with Gasteiger partial charge in [-0.25, -0.2) is 0 Å². The second-order valence-corrected chi connectivity index (χ2v) is 5.47. The van der Waals surface area contributed by atoms with Crippen LogP contribution in [0.15, 0.2) is 40.2 Å². The molecular weight excluding hydrogens is 224 g/mol. The van der Waals surface area contributed by atoms with Crippen LogP contribution in [0.1, 0.15) is 37.4 Å². The van der Waals surface area contributed by atoms with Gasteiger partial charge in [0.1, 0.15) is 0 Å². The minimum Gasteiger partial charge on any atom is -0.326 e. The number of fused-ring (bicyclic) bond motifs is 4. The number of aromatic amines is 1. The van der Waals surface area contributed by atoms with E-state index in [1.165, 1.54) is 16.7 Å². The van der Waals surface area contributed by atoms with Crippen molar-refractivity contribution in [1.82, 2.24) is 4.98 Å². The molecule has 3 nitrogen and oxygen atoms in total. The molecule has 0 spiro atoms. The molecular formula is C15H18N2O. The van der Waals surface area contributed by atoms with Crippen molar-refractivity contribution in [3.63, 3.8) is 0 Å². The van der Waals surface area contributed by atoms with Gasteiger partial charge in [-0.3, -0.25) is 4.79 Å². The summed E-state index contributed by atoms with van der Waals surface area (Å²) in [6.45, 7) is 4.19. The van der Waals surface area contributed by atoms with Gasteiger partial charge in [0, 0.05) is 24.1 Å². The lowest BCUT2D eigenvalue weighted by Gasteiger charge is -2.44. The summed E-state index contributed by atoms with van der Waals surface area (Å²) in [6, 6.07) is 3.57. The van der Waals surface area contributed by atoms with E-state index < -0.39 is 5.54 Å². The summed E-state index contributed by atoms with van der Waals surface area (Å²) in [7, 11) is 0. The van der Waals surface area contributed by atoms with E-state index in [2.05, 4.69) is 31.0 Å². The third-order valence-corrected chi connectivity index (χ3v) is 4.14. The molecule has 2 atom stereocenters. The molecule has 0 fully saturated rings. The van der Waals surface area contributed by atoms with Gasteiger partial charge in [0.15, 0.2) is 0 Å². The molecule has 3 N–H and O–H groups in total. The predicted molar refractivity (Wildman–Crippen MR) is 72.6 cm³/mol. The molecule has 0 saturated carbocycles. The van der Waals surface area contributed by atoms with Crippen molar-refractivity contribution in [2.45, 2.75) is 38.1 Å². The monoisotopic (exact) mass is 242 g/mol. The quantitative estimate of drug-likeness (QED) is 0.684. The first-order valence-electron chi connectivity index (χ1n) is 6.39. The molecule has 2 bridgehead atoms. The molecule has 0 radical (unpaired) electrons. The molecule has 18 heavy (non-hydrogen) atoms. The van der Waals surface area contributed by atoms with Crippen molar-refractivity contribution in [1.29, 1.82) is 0 Å². The van der Waals surface area contributed by atoms with E-state index in [0.29, 0.717) is 12.3 Å². The van der Waals surface area contributed by atoms with Gasteiger partial charge in [0.2, 0.25) is 5.56 Å². The Bertz CT molecular complexity index is 624. The van der Waals surface area contributed by atoms with Crippen molar-refractivity contribution >= 4 is 0 Å². The number of hydrogen-bond donors (Lipinski definition) is 2. The number of nitrogens with two attached hydrogens (primary N) is 1. The van der Waals surface area contributed by atoms with Crippen LogP contribution in [0.25, 0.3) is 0 Å². The van der Waals surface area contributed by atoms with Gasteiger partial charge >= 0.3 is 0 Å². The molecule has 1 aromatic rings. The van der Waals surface area contributed by atoms with E-state index in [1.54, 1.807) is 6.07 Å². The molecule has 0 amide bonds. The van der Waals surface area contributed by atoms with Gasteiger partial charge in [-0.2, -0.15) is 0 Å². The van der Waals surface area contributed by atoms with Crippen molar-refractivity contribution in [2.75, 3.05) is 0 Å². The van der Waals surface area contributed by atoms with Crippen LogP contribution in [0.2, 0.25) is 0 Å². The number of aromatic nitrogens is 1. The van der Waals surface area contributed by atoms with E-state index in [-0.39, 0.29) is 5.56 Å². The molecule has 94 valence electrons. The minimum atomic E-state index is -0.418. The largest absolute Gasteiger partial charge is 0.326 e. The number of pyridine rings is 1. The van der Waals surface area contributed by atoms with Crippen LogP contribution in [0, 0.1) is 0 Å². The molecule has 0 aromatic carbocycles. The van der Waals surface area contributed by atoms with E-state index in [9.17, 15) is 4.79 Å². The van der Waals surface area contributed by atoms with Crippen molar-refractivity contribution in [2.24, 2.45) is 5.73 Å². The Labute approximate surface area is 106 Å². The molecule has 2 aliphatic carbocycles. The van der Waals surface area contributed by atoms with E-state index in [1.807, 2.05) is 6.07 Å². The van der Waals surface area contributed by atoms with Gasteiger partial charge in [-0.15, -0.1) is 0 Å². The number of hydrogen-bond acceptors (Lipinski definition) is 2.